The number of piperidine rings is 1. The first-order valence-electron chi connectivity index (χ1n) is 9.23. The molecule has 0 bridgehead atoms. The largest absolute Gasteiger partial charge is 0.416 e. The highest BCUT2D eigenvalue weighted by atomic mass is 19.4. The number of amides is 1. The molecule has 2 aromatic rings. The van der Waals surface area contributed by atoms with Gasteiger partial charge in [0, 0.05) is 30.9 Å². The zero-order valence-corrected chi connectivity index (χ0v) is 15.1. The van der Waals surface area contributed by atoms with Crippen molar-refractivity contribution in [1.29, 1.82) is 0 Å². The van der Waals surface area contributed by atoms with E-state index in [1.165, 1.54) is 31.4 Å². The van der Waals surface area contributed by atoms with Crippen LogP contribution in [-0.2, 0) is 12.6 Å². The highest BCUT2D eigenvalue weighted by Gasteiger charge is 2.29. The third-order valence-corrected chi connectivity index (χ3v) is 4.83. The molecule has 1 N–H and O–H groups in total. The molecule has 27 heavy (non-hydrogen) atoms. The summed E-state index contributed by atoms with van der Waals surface area (Å²) in [6.07, 6.45) is -0.170. The number of hydrogen-bond donors (Lipinski definition) is 1. The summed E-state index contributed by atoms with van der Waals surface area (Å²) in [5.74, 6) is -0.174. The van der Waals surface area contributed by atoms with Gasteiger partial charge in [-0.2, -0.15) is 13.2 Å². The van der Waals surface area contributed by atoms with Crippen molar-refractivity contribution in [3.63, 3.8) is 0 Å². The van der Waals surface area contributed by atoms with E-state index in [0.717, 1.165) is 36.5 Å². The lowest BCUT2D eigenvalue weighted by Crippen LogP contribution is -2.29. The van der Waals surface area contributed by atoms with E-state index in [4.69, 9.17) is 0 Å². The van der Waals surface area contributed by atoms with Gasteiger partial charge >= 0.3 is 6.18 Å². The normalized spacial score (nSPS) is 14.9. The first-order chi connectivity index (χ1) is 12.9. The molecule has 6 heteroatoms. The molecule has 1 fully saturated rings. The van der Waals surface area contributed by atoms with Crippen LogP contribution in [0.15, 0.2) is 48.5 Å². The minimum absolute atomic E-state index is 0.174. The molecule has 0 radical (unpaired) electrons. The van der Waals surface area contributed by atoms with Crippen molar-refractivity contribution in [2.75, 3.05) is 24.5 Å². The zero-order chi connectivity index (χ0) is 19.3. The Morgan fingerprint density at radius 2 is 1.56 bits per heavy atom. The maximum absolute atomic E-state index is 12.6. The molecular weight excluding hydrogens is 353 g/mol. The first kappa shape index (κ1) is 19.3. The summed E-state index contributed by atoms with van der Waals surface area (Å²) in [6.45, 7) is 2.48. The molecule has 3 rings (SSSR count). The van der Waals surface area contributed by atoms with Gasteiger partial charge in [0.15, 0.2) is 0 Å². The highest BCUT2D eigenvalue weighted by Crippen LogP contribution is 2.29. The number of carbonyl (C=O) groups excluding carboxylic acids is 1. The molecule has 0 unspecified atom stereocenters. The fourth-order valence-corrected chi connectivity index (χ4v) is 3.26. The molecule has 0 atom stereocenters. The smallest absolute Gasteiger partial charge is 0.372 e. The molecule has 1 aliphatic heterocycles. The van der Waals surface area contributed by atoms with Gasteiger partial charge in [-0.15, -0.1) is 0 Å². The lowest BCUT2D eigenvalue weighted by Gasteiger charge is -2.28. The maximum Gasteiger partial charge on any atom is 0.416 e. The summed E-state index contributed by atoms with van der Waals surface area (Å²) in [4.78, 5) is 14.6. The van der Waals surface area contributed by atoms with Crippen LogP contribution in [0.1, 0.15) is 40.7 Å². The molecule has 0 aliphatic carbocycles. The van der Waals surface area contributed by atoms with Gasteiger partial charge in [0.1, 0.15) is 0 Å². The molecule has 1 heterocycles. The van der Waals surface area contributed by atoms with Crippen LogP contribution in [-0.4, -0.2) is 25.5 Å². The maximum atomic E-state index is 12.6. The molecular formula is C21H23F3N2O. The second kappa shape index (κ2) is 8.46. The molecule has 3 nitrogen and oxygen atoms in total. The predicted molar refractivity (Wildman–Crippen MR) is 100.0 cm³/mol. The van der Waals surface area contributed by atoms with E-state index in [1.807, 2.05) is 24.3 Å². The molecule has 144 valence electrons. The van der Waals surface area contributed by atoms with Gasteiger partial charge in [0.2, 0.25) is 0 Å². The van der Waals surface area contributed by atoms with Gasteiger partial charge in [0.05, 0.1) is 5.56 Å². The summed E-state index contributed by atoms with van der Waals surface area (Å²) >= 11 is 0. The van der Waals surface area contributed by atoms with E-state index in [1.54, 1.807) is 0 Å². The van der Waals surface area contributed by atoms with Crippen molar-refractivity contribution in [2.24, 2.45) is 0 Å². The number of alkyl halides is 3. The fourth-order valence-electron chi connectivity index (χ4n) is 3.26. The Kier molecular flexibility index (Phi) is 6.04. The number of hydrogen-bond acceptors (Lipinski definition) is 2. The number of nitrogens with zero attached hydrogens (tertiary/aromatic N) is 1. The number of anilines is 1. The van der Waals surface area contributed by atoms with Gasteiger partial charge in [-0.3, -0.25) is 4.79 Å². The van der Waals surface area contributed by atoms with Crippen molar-refractivity contribution in [3.05, 3.63) is 65.2 Å². The van der Waals surface area contributed by atoms with Crippen molar-refractivity contribution < 1.29 is 18.0 Å². The average molecular weight is 376 g/mol. The topological polar surface area (TPSA) is 32.3 Å². The van der Waals surface area contributed by atoms with Gasteiger partial charge in [-0.1, -0.05) is 12.1 Å². The van der Waals surface area contributed by atoms with Gasteiger partial charge in [-0.05, 0) is 67.6 Å². The van der Waals surface area contributed by atoms with Crippen molar-refractivity contribution >= 4 is 11.6 Å². The predicted octanol–water partition coefficient (Wildman–Crippen LogP) is 4.67. The van der Waals surface area contributed by atoms with Crippen LogP contribution in [0.5, 0.6) is 0 Å². The van der Waals surface area contributed by atoms with Crippen LogP contribution in [0.25, 0.3) is 0 Å². The number of rotatable bonds is 5. The van der Waals surface area contributed by atoms with E-state index in [9.17, 15) is 18.0 Å². The number of halogens is 3. The molecule has 1 saturated heterocycles. The third kappa shape index (κ3) is 5.25. The Labute approximate surface area is 157 Å². The van der Waals surface area contributed by atoms with Crippen LogP contribution >= 0.6 is 0 Å². The van der Waals surface area contributed by atoms with E-state index >= 15 is 0 Å². The second-order valence-corrected chi connectivity index (χ2v) is 6.80. The van der Waals surface area contributed by atoms with E-state index in [-0.39, 0.29) is 5.91 Å². The minimum atomic E-state index is -4.33. The summed E-state index contributed by atoms with van der Waals surface area (Å²) in [5, 5.41) is 2.82. The van der Waals surface area contributed by atoms with Crippen LogP contribution in [0.4, 0.5) is 18.9 Å². The lowest BCUT2D eigenvalue weighted by atomic mass is 10.1. The Balaban J connectivity index is 1.49. The Morgan fingerprint density at radius 1 is 0.926 bits per heavy atom. The van der Waals surface area contributed by atoms with E-state index in [2.05, 4.69) is 10.2 Å². The number of carbonyl (C=O) groups is 1. The fraction of sp³-hybridized carbons (Fsp3) is 0.381. The monoisotopic (exact) mass is 376 g/mol. The highest BCUT2D eigenvalue weighted by molar-refractivity contribution is 5.94. The number of nitrogens with one attached hydrogen (secondary N) is 1. The SMILES string of the molecule is O=C(NCCc1ccc(C(F)(F)F)cc1)c1ccc(N2CCCCC2)cc1. The van der Waals surface area contributed by atoms with Crippen LogP contribution in [0, 0.1) is 0 Å². The zero-order valence-electron chi connectivity index (χ0n) is 15.1. The summed E-state index contributed by atoms with van der Waals surface area (Å²) in [5.41, 5.74) is 1.81. The van der Waals surface area contributed by atoms with Crippen LogP contribution < -0.4 is 10.2 Å². The molecule has 2 aromatic carbocycles. The van der Waals surface area contributed by atoms with Crippen LogP contribution in [0.3, 0.4) is 0 Å². The average Bonchev–Trinajstić information content (AvgIpc) is 2.68. The molecule has 0 saturated carbocycles. The Hall–Kier alpha value is -2.50. The summed E-state index contributed by atoms with van der Waals surface area (Å²) < 4.78 is 37.7. The standard InChI is InChI=1S/C21H23F3N2O/c22-21(23,24)18-8-4-16(5-9-18)12-13-25-20(27)17-6-10-19(11-7-17)26-14-2-1-3-15-26/h4-11H,1-3,12-15H2,(H,25,27). The Morgan fingerprint density at radius 3 is 2.15 bits per heavy atom. The van der Waals surface area contributed by atoms with Crippen molar-refractivity contribution in [2.45, 2.75) is 31.9 Å². The first-order valence-corrected chi connectivity index (χ1v) is 9.23. The van der Waals surface area contributed by atoms with Crippen LogP contribution in [0.2, 0.25) is 0 Å². The molecule has 1 aliphatic rings. The molecule has 0 aromatic heterocycles. The van der Waals surface area contributed by atoms with E-state index in [0.29, 0.717) is 18.5 Å². The van der Waals surface area contributed by atoms with Gasteiger partial charge in [-0.25, -0.2) is 0 Å². The van der Waals surface area contributed by atoms with Crippen molar-refractivity contribution in [1.82, 2.24) is 5.32 Å². The third-order valence-electron chi connectivity index (χ3n) is 4.83. The quantitative estimate of drug-likeness (QED) is 0.823. The number of benzene rings is 2. The Bertz CT molecular complexity index is 748. The second-order valence-electron chi connectivity index (χ2n) is 6.80. The molecule has 0 spiro atoms. The van der Waals surface area contributed by atoms with Crippen molar-refractivity contribution in [3.8, 4) is 0 Å². The summed E-state index contributed by atoms with van der Waals surface area (Å²) in [6, 6.07) is 12.6. The molecule has 1 amide bonds. The van der Waals surface area contributed by atoms with Gasteiger partial charge < -0.3 is 10.2 Å². The minimum Gasteiger partial charge on any atom is -0.372 e. The van der Waals surface area contributed by atoms with Gasteiger partial charge in [0.25, 0.3) is 5.91 Å². The van der Waals surface area contributed by atoms with E-state index < -0.39 is 11.7 Å². The lowest BCUT2D eigenvalue weighted by molar-refractivity contribution is -0.137. The summed E-state index contributed by atoms with van der Waals surface area (Å²) in [7, 11) is 0.